The van der Waals surface area contributed by atoms with Gasteiger partial charge < -0.3 is 0 Å². The van der Waals surface area contributed by atoms with E-state index >= 15 is 0 Å². The van der Waals surface area contributed by atoms with Crippen molar-refractivity contribution in [1.29, 1.82) is 0 Å². The van der Waals surface area contributed by atoms with Gasteiger partial charge in [-0.25, -0.2) is 0 Å². The number of hydrogen-bond acceptors (Lipinski definition) is 2. The predicted molar refractivity (Wildman–Crippen MR) is 77.6 cm³/mol. The van der Waals surface area contributed by atoms with Gasteiger partial charge in [0.25, 0.3) is 0 Å². The Labute approximate surface area is 115 Å². The van der Waals surface area contributed by atoms with Crippen molar-refractivity contribution in [2.45, 2.75) is 18.2 Å². The number of Topliss-reactive ketones (excluding diaryl/α,β-unsaturated/α-hetero) is 1. The Bertz CT molecular complexity index is 591. The highest BCUT2D eigenvalue weighted by molar-refractivity contribution is 7.85. The predicted octanol–water partition coefficient (Wildman–Crippen LogP) is 2.91. The van der Waals surface area contributed by atoms with Crippen LogP contribution < -0.4 is 0 Å². The minimum atomic E-state index is -1.25. The molecule has 0 N–H and O–H groups in total. The molecule has 0 aromatic heterocycles. The average Bonchev–Trinajstić information content (AvgIpc) is 2.40. The van der Waals surface area contributed by atoms with Crippen molar-refractivity contribution in [3.05, 3.63) is 65.7 Å². The van der Waals surface area contributed by atoms with Gasteiger partial charge in [-0.3, -0.25) is 9.00 Å². The molecule has 19 heavy (non-hydrogen) atoms. The van der Waals surface area contributed by atoms with Crippen LogP contribution in [-0.2, 0) is 22.0 Å². The topological polar surface area (TPSA) is 34.1 Å². The number of carbonyl (C=O) groups is 1. The second-order valence-electron chi connectivity index (χ2n) is 4.46. The van der Waals surface area contributed by atoms with Crippen LogP contribution in [0.4, 0.5) is 0 Å². The van der Waals surface area contributed by atoms with Gasteiger partial charge in [-0.1, -0.05) is 48.5 Å². The lowest BCUT2D eigenvalue weighted by Crippen LogP contribution is -2.13. The number of rotatable bonds is 5. The lowest BCUT2D eigenvalue weighted by molar-refractivity contribution is -0.116. The maximum Gasteiger partial charge on any atom is 0.150 e. The smallest absolute Gasteiger partial charge is 0.150 e. The molecule has 1 unspecified atom stereocenters. The first-order valence-electron chi connectivity index (χ1n) is 6.16. The van der Waals surface area contributed by atoms with Gasteiger partial charge in [-0.2, -0.15) is 0 Å². The van der Waals surface area contributed by atoms with E-state index in [1.165, 1.54) is 0 Å². The summed E-state index contributed by atoms with van der Waals surface area (Å²) in [4.78, 5) is 12.7. The van der Waals surface area contributed by atoms with Crippen LogP contribution in [0.5, 0.6) is 0 Å². The molecule has 0 aliphatic rings. The van der Waals surface area contributed by atoms with Gasteiger partial charge in [0.05, 0.1) is 16.6 Å². The molecule has 3 heteroatoms. The normalized spacial score (nSPS) is 12.1. The summed E-state index contributed by atoms with van der Waals surface area (Å²) in [5, 5.41) is 0. The largest absolute Gasteiger partial charge is 0.298 e. The second kappa shape index (κ2) is 6.43. The van der Waals surface area contributed by atoms with Gasteiger partial charge in [-0.05, 0) is 24.1 Å². The first-order valence-corrected chi connectivity index (χ1v) is 7.48. The summed E-state index contributed by atoms with van der Waals surface area (Å²) < 4.78 is 12.2. The average molecular weight is 272 g/mol. The van der Waals surface area contributed by atoms with Crippen molar-refractivity contribution >= 4 is 16.6 Å². The van der Waals surface area contributed by atoms with Gasteiger partial charge in [0.1, 0.15) is 5.78 Å². The Balaban J connectivity index is 2.00. The third-order valence-electron chi connectivity index (χ3n) is 2.88. The highest BCUT2D eigenvalue weighted by atomic mass is 32.2. The Morgan fingerprint density at radius 2 is 1.63 bits per heavy atom. The van der Waals surface area contributed by atoms with E-state index in [0.717, 1.165) is 16.0 Å². The zero-order chi connectivity index (χ0) is 13.7. The third kappa shape index (κ3) is 3.86. The molecule has 98 valence electrons. The van der Waals surface area contributed by atoms with Crippen LogP contribution in [0.25, 0.3) is 0 Å². The van der Waals surface area contributed by atoms with Crippen molar-refractivity contribution in [3.63, 3.8) is 0 Å². The fourth-order valence-electron chi connectivity index (χ4n) is 1.91. The summed E-state index contributed by atoms with van der Waals surface area (Å²) in [7, 11) is -1.25. The van der Waals surface area contributed by atoms with Crippen LogP contribution in [-0.4, -0.2) is 15.7 Å². The van der Waals surface area contributed by atoms with E-state index in [-0.39, 0.29) is 11.5 Å². The maximum atomic E-state index is 12.2. The molecule has 0 fully saturated rings. The van der Waals surface area contributed by atoms with Gasteiger partial charge >= 0.3 is 0 Å². The molecule has 0 amide bonds. The van der Waals surface area contributed by atoms with E-state index in [0.29, 0.717) is 6.42 Å². The van der Waals surface area contributed by atoms with Crippen molar-refractivity contribution in [2.24, 2.45) is 0 Å². The van der Waals surface area contributed by atoms with E-state index < -0.39 is 10.8 Å². The first-order chi connectivity index (χ1) is 9.16. The summed E-state index contributed by atoms with van der Waals surface area (Å²) in [6.45, 7) is 1.91. The molecule has 0 bridgehead atoms. The molecule has 0 saturated heterocycles. The summed E-state index contributed by atoms with van der Waals surface area (Å²) in [6.07, 6.45) is 0.346. The number of benzene rings is 2. The van der Waals surface area contributed by atoms with Crippen LogP contribution in [0.2, 0.25) is 0 Å². The highest BCUT2D eigenvalue weighted by Gasteiger charge is 2.12. The lowest BCUT2D eigenvalue weighted by atomic mass is 10.1. The monoisotopic (exact) mass is 272 g/mol. The van der Waals surface area contributed by atoms with Crippen LogP contribution >= 0.6 is 0 Å². The fourth-order valence-corrected chi connectivity index (χ4v) is 3.12. The summed E-state index contributed by atoms with van der Waals surface area (Å²) in [6, 6.07) is 17.0. The molecule has 2 nitrogen and oxygen atoms in total. The van der Waals surface area contributed by atoms with E-state index in [1.807, 2.05) is 61.5 Å². The van der Waals surface area contributed by atoms with Crippen LogP contribution in [0.15, 0.2) is 59.5 Å². The van der Waals surface area contributed by atoms with Gasteiger partial charge in [0.2, 0.25) is 0 Å². The third-order valence-corrected chi connectivity index (χ3v) is 4.41. The molecule has 0 radical (unpaired) electrons. The molecule has 1 atom stereocenters. The Morgan fingerprint density at radius 1 is 1.00 bits per heavy atom. The van der Waals surface area contributed by atoms with Crippen molar-refractivity contribution in [1.82, 2.24) is 0 Å². The minimum Gasteiger partial charge on any atom is -0.298 e. The van der Waals surface area contributed by atoms with Gasteiger partial charge in [0.15, 0.2) is 0 Å². The van der Waals surface area contributed by atoms with E-state index in [1.54, 1.807) is 0 Å². The standard InChI is InChI=1S/C16H16O2S/c1-13-7-5-6-10-16(13)19(18)12-15(17)11-14-8-3-2-4-9-14/h2-10H,11-12H2,1H3. The highest BCUT2D eigenvalue weighted by Crippen LogP contribution is 2.13. The van der Waals surface area contributed by atoms with E-state index in [4.69, 9.17) is 0 Å². The number of carbonyl (C=O) groups excluding carboxylic acids is 1. The van der Waals surface area contributed by atoms with Gasteiger partial charge in [0, 0.05) is 11.3 Å². The molecule has 0 spiro atoms. The molecular weight excluding hydrogens is 256 g/mol. The zero-order valence-corrected chi connectivity index (χ0v) is 11.7. The SMILES string of the molecule is Cc1ccccc1S(=O)CC(=O)Cc1ccccc1. The van der Waals surface area contributed by atoms with Gasteiger partial charge in [-0.15, -0.1) is 0 Å². The lowest BCUT2D eigenvalue weighted by Gasteiger charge is -2.05. The minimum absolute atomic E-state index is 0.00721. The van der Waals surface area contributed by atoms with Crippen LogP contribution in [0.1, 0.15) is 11.1 Å². The number of ketones is 1. The molecule has 0 aliphatic heterocycles. The summed E-state index contributed by atoms with van der Waals surface area (Å²) >= 11 is 0. The maximum absolute atomic E-state index is 12.2. The van der Waals surface area contributed by atoms with E-state index in [9.17, 15) is 9.00 Å². The number of hydrogen-bond donors (Lipinski definition) is 0. The van der Waals surface area contributed by atoms with E-state index in [2.05, 4.69) is 0 Å². The van der Waals surface area contributed by atoms with Crippen molar-refractivity contribution < 1.29 is 9.00 Å². The molecule has 0 heterocycles. The fraction of sp³-hybridized carbons (Fsp3) is 0.188. The molecular formula is C16H16O2S. The Morgan fingerprint density at radius 3 is 2.32 bits per heavy atom. The molecule has 2 rings (SSSR count). The Hall–Kier alpha value is -1.74. The van der Waals surface area contributed by atoms with Crippen LogP contribution in [0, 0.1) is 6.92 Å². The summed E-state index contributed by atoms with van der Waals surface area (Å²) in [5.41, 5.74) is 1.93. The van der Waals surface area contributed by atoms with Crippen molar-refractivity contribution in [3.8, 4) is 0 Å². The molecule has 2 aromatic carbocycles. The zero-order valence-electron chi connectivity index (χ0n) is 10.8. The molecule has 0 saturated carbocycles. The second-order valence-corrected chi connectivity index (χ2v) is 5.88. The van der Waals surface area contributed by atoms with Crippen LogP contribution in [0.3, 0.4) is 0 Å². The molecule has 2 aromatic rings. The van der Waals surface area contributed by atoms with Crippen molar-refractivity contribution in [2.75, 3.05) is 5.75 Å². The quantitative estimate of drug-likeness (QED) is 0.838. The number of aryl methyl sites for hydroxylation is 1. The summed E-state index contributed by atoms with van der Waals surface area (Å²) in [5.74, 6) is 0.0903. The first kappa shape index (κ1) is 13.7. The Kier molecular flexibility index (Phi) is 4.63. The molecule has 0 aliphatic carbocycles.